The van der Waals surface area contributed by atoms with Gasteiger partial charge in [0.25, 0.3) is 0 Å². The number of rotatable bonds is 5. The van der Waals surface area contributed by atoms with Gasteiger partial charge in [-0.1, -0.05) is 20.8 Å². The molecular weight excluding hydrogens is 272 g/mol. The Kier molecular flexibility index (Phi) is 4.99. The van der Waals surface area contributed by atoms with E-state index >= 15 is 0 Å². The highest BCUT2D eigenvalue weighted by Gasteiger charge is 2.28. The van der Waals surface area contributed by atoms with E-state index in [-0.39, 0.29) is 0 Å². The summed E-state index contributed by atoms with van der Waals surface area (Å²) < 4.78 is 1.52. The Morgan fingerprint density at radius 3 is 2.84 bits per heavy atom. The lowest BCUT2D eigenvalue weighted by molar-refractivity contribution is 0.223. The third kappa shape index (κ3) is 4.22. The van der Waals surface area contributed by atoms with E-state index in [9.17, 15) is 0 Å². The lowest BCUT2D eigenvalue weighted by Crippen LogP contribution is -2.40. The fourth-order valence-electron chi connectivity index (χ4n) is 2.85. The minimum absolute atomic E-state index is 0.313. The Labute approximate surface area is 126 Å². The average Bonchev–Trinajstić information content (AvgIpc) is 2.71. The zero-order valence-electron chi connectivity index (χ0n) is 12.7. The molecule has 0 saturated heterocycles. The first-order chi connectivity index (χ1) is 8.87. The molecule has 2 atom stereocenters. The molecule has 0 spiro atoms. The molecule has 19 heavy (non-hydrogen) atoms. The first kappa shape index (κ1) is 15.4. The summed E-state index contributed by atoms with van der Waals surface area (Å²) in [5.74, 6) is 0. The van der Waals surface area contributed by atoms with Crippen molar-refractivity contribution in [2.75, 3.05) is 27.2 Å². The molecule has 2 rings (SSSR count). The SMILES string of the molecule is C[C@H]1CC(NCC(C)(C)CN(C)C)c2ccsc2S1. The Bertz CT molecular complexity index is 412. The summed E-state index contributed by atoms with van der Waals surface area (Å²) >= 11 is 3.93. The van der Waals surface area contributed by atoms with Crippen LogP contribution in [0.5, 0.6) is 0 Å². The van der Waals surface area contributed by atoms with Gasteiger partial charge in [0.15, 0.2) is 0 Å². The second kappa shape index (κ2) is 6.17. The van der Waals surface area contributed by atoms with E-state index < -0.39 is 0 Å². The first-order valence-electron chi connectivity index (χ1n) is 6.99. The summed E-state index contributed by atoms with van der Waals surface area (Å²) in [6.45, 7) is 9.22. The molecule has 2 heterocycles. The molecule has 1 aliphatic heterocycles. The van der Waals surface area contributed by atoms with Crippen molar-refractivity contribution in [2.45, 2.75) is 42.7 Å². The van der Waals surface area contributed by atoms with Gasteiger partial charge in [0.2, 0.25) is 0 Å². The zero-order chi connectivity index (χ0) is 14.0. The maximum absolute atomic E-state index is 3.81. The number of nitrogens with one attached hydrogen (secondary N) is 1. The van der Waals surface area contributed by atoms with Crippen molar-refractivity contribution in [1.29, 1.82) is 0 Å². The van der Waals surface area contributed by atoms with Crippen LogP contribution < -0.4 is 5.32 Å². The third-order valence-corrected chi connectivity index (χ3v) is 5.82. The standard InChI is InChI=1S/C15H26N2S2/c1-11-8-13(12-6-7-18-14(12)19-11)16-9-15(2,3)10-17(4)5/h6-7,11,13,16H,8-10H2,1-5H3/t11-,13?/m0/s1. The maximum Gasteiger partial charge on any atom is 0.0649 e. The number of thiophene rings is 1. The van der Waals surface area contributed by atoms with Crippen LogP contribution in [0.1, 0.15) is 38.8 Å². The molecule has 0 aromatic carbocycles. The molecule has 1 aliphatic rings. The second-order valence-electron chi connectivity index (χ2n) is 6.66. The van der Waals surface area contributed by atoms with E-state index in [1.807, 2.05) is 23.1 Å². The Morgan fingerprint density at radius 2 is 2.16 bits per heavy atom. The van der Waals surface area contributed by atoms with Gasteiger partial charge in [-0.3, -0.25) is 0 Å². The number of hydrogen-bond donors (Lipinski definition) is 1. The lowest BCUT2D eigenvalue weighted by Gasteiger charge is -2.33. The minimum atomic E-state index is 0.313. The molecule has 0 aliphatic carbocycles. The number of nitrogens with zero attached hydrogens (tertiary/aromatic N) is 1. The highest BCUT2D eigenvalue weighted by molar-refractivity contribution is 8.01. The Morgan fingerprint density at radius 1 is 1.42 bits per heavy atom. The summed E-state index contributed by atoms with van der Waals surface area (Å²) in [6, 6.07) is 2.84. The van der Waals surface area contributed by atoms with E-state index in [0.717, 1.165) is 18.3 Å². The van der Waals surface area contributed by atoms with Crippen molar-refractivity contribution in [3.63, 3.8) is 0 Å². The summed E-state index contributed by atoms with van der Waals surface area (Å²) in [6.07, 6.45) is 1.24. The first-order valence-corrected chi connectivity index (χ1v) is 8.75. The monoisotopic (exact) mass is 298 g/mol. The molecule has 1 aromatic rings. The summed E-state index contributed by atoms with van der Waals surface area (Å²) in [5, 5.41) is 6.76. The van der Waals surface area contributed by atoms with Gasteiger partial charge >= 0.3 is 0 Å². The van der Waals surface area contributed by atoms with Gasteiger partial charge in [-0.25, -0.2) is 0 Å². The van der Waals surface area contributed by atoms with Crippen molar-refractivity contribution >= 4 is 23.1 Å². The van der Waals surface area contributed by atoms with Crippen molar-refractivity contribution in [2.24, 2.45) is 5.41 Å². The summed E-state index contributed by atoms with van der Waals surface area (Å²) in [5.41, 5.74) is 1.84. The van der Waals surface area contributed by atoms with Crippen molar-refractivity contribution in [3.05, 3.63) is 17.0 Å². The van der Waals surface area contributed by atoms with Crippen LogP contribution in [0.4, 0.5) is 0 Å². The molecule has 1 N–H and O–H groups in total. The van der Waals surface area contributed by atoms with E-state index in [1.165, 1.54) is 16.2 Å². The van der Waals surface area contributed by atoms with E-state index in [0.29, 0.717) is 11.5 Å². The van der Waals surface area contributed by atoms with E-state index in [1.54, 1.807) is 0 Å². The summed E-state index contributed by atoms with van der Waals surface area (Å²) in [4.78, 5) is 2.27. The molecule has 1 unspecified atom stereocenters. The molecule has 108 valence electrons. The quantitative estimate of drug-likeness (QED) is 0.889. The topological polar surface area (TPSA) is 15.3 Å². The van der Waals surface area contributed by atoms with Gasteiger partial charge in [0.1, 0.15) is 0 Å². The predicted octanol–water partition coefficient (Wildman–Crippen LogP) is 3.85. The van der Waals surface area contributed by atoms with E-state index in [4.69, 9.17) is 0 Å². The highest BCUT2D eigenvalue weighted by Crippen LogP contribution is 2.43. The molecule has 0 radical (unpaired) electrons. The normalized spacial score (nSPS) is 23.7. The predicted molar refractivity (Wildman–Crippen MR) is 87.3 cm³/mol. The number of hydrogen-bond acceptors (Lipinski definition) is 4. The van der Waals surface area contributed by atoms with Crippen LogP contribution in [0.2, 0.25) is 0 Å². The molecular formula is C15H26N2S2. The Balaban J connectivity index is 1.97. The van der Waals surface area contributed by atoms with Crippen molar-refractivity contribution in [1.82, 2.24) is 10.2 Å². The molecule has 0 fully saturated rings. The van der Waals surface area contributed by atoms with Crippen LogP contribution in [-0.4, -0.2) is 37.3 Å². The molecule has 0 bridgehead atoms. The maximum atomic E-state index is 3.81. The fraction of sp³-hybridized carbons (Fsp3) is 0.733. The van der Waals surface area contributed by atoms with Crippen LogP contribution in [0.3, 0.4) is 0 Å². The van der Waals surface area contributed by atoms with Crippen LogP contribution in [0.15, 0.2) is 15.7 Å². The highest BCUT2D eigenvalue weighted by atomic mass is 32.2. The minimum Gasteiger partial charge on any atom is -0.309 e. The number of thioether (sulfide) groups is 1. The fourth-order valence-corrected chi connectivity index (χ4v) is 5.42. The zero-order valence-corrected chi connectivity index (χ0v) is 14.3. The average molecular weight is 299 g/mol. The van der Waals surface area contributed by atoms with Crippen LogP contribution in [0, 0.1) is 5.41 Å². The smallest absolute Gasteiger partial charge is 0.0649 e. The van der Waals surface area contributed by atoms with Crippen LogP contribution in [0.25, 0.3) is 0 Å². The van der Waals surface area contributed by atoms with Crippen LogP contribution in [-0.2, 0) is 0 Å². The van der Waals surface area contributed by atoms with Gasteiger partial charge in [-0.05, 0) is 42.9 Å². The molecule has 1 aromatic heterocycles. The largest absolute Gasteiger partial charge is 0.309 e. The molecule has 0 amide bonds. The van der Waals surface area contributed by atoms with Gasteiger partial charge in [-0.15, -0.1) is 23.1 Å². The van der Waals surface area contributed by atoms with E-state index in [2.05, 4.69) is 56.5 Å². The van der Waals surface area contributed by atoms with Crippen LogP contribution >= 0.6 is 23.1 Å². The second-order valence-corrected chi connectivity index (χ2v) is 9.29. The molecule has 0 saturated carbocycles. The molecule has 2 nitrogen and oxygen atoms in total. The van der Waals surface area contributed by atoms with Crippen molar-refractivity contribution < 1.29 is 0 Å². The third-order valence-electron chi connectivity index (χ3n) is 3.48. The molecule has 4 heteroatoms. The van der Waals surface area contributed by atoms with Crippen molar-refractivity contribution in [3.8, 4) is 0 Å². The van der Waals surface area contributed by atoms with Gasteiger partial charge in [0, 0.05) is 24.4 Å². The summed E-state index contributed by atoms with van der Waals surface area (Å²) in [7, 11) is 4.30. The van der Waals surface area contributed by atoms with Gasteiger partial charge < -0.3 is 10.2 Å². The Hall–Kier alpha value is -0.0300. The number of fused-ring (bicyclic) bond motifs is 1. The lowest BCUT2D eigenvalue weighted by atomic mass is 9.91. The van der Waals surface area contributed by atoms with Gasteiger partial charge in [-0.2, -0.15) is 0 Å². The van der Waals surface area contributed by atoms with Gasteiger partial charge in [0.05, 0.1) is 4.21 Å².